The number of hydrogen-bond donors (Lipinski definition) is 1. The summed E-state index contributed by atoms with van der Waals surface area (Å²) in [6.07, 6.45) is 2.37. The predicted molar refractivity (Wildman–Crippen MR) is 110 cm³/mol. The second kappa shape index (κ2) is 8.50. The zero-order valence-electron chi connectivity index (χ0n) is 15.5. The van der Waals surface area contributed by atoms with E-state index in [4.69, 9.17) is 4.74 Å². The van der Waals surface area contributed by atoms with Gasteiger partial charge < -0.3 is 15.0 Å². The van der Waals surface area contributed by atoms with Crippen molar-refractivity contribution >= 4 is 17.2 Å². The SMILES string of the molecule is COc1ccccc1-c1ccc(N2CCCC(NCc3ccsc3)C2)nn1. The van der Waals surface area contributed by atoms with E-state index >= 15 is 0 Å². The number of para-hydroxylation sites is 1. The van der Waals surface area contributed by atoms with Gasteiger partial charge in [0.05, 0.1) is 12.8 Å². The fourth-order valence-electron chi connectivity index (χ4n) is 3.50. The molecule has 1 aliphatic heterocycles. The zero-order valence-corrected chi connectivity index (χ0v) is 16.3. The van der Waals surface area contributed by atoms with E-state index < -0.39 is 0 Å². The Labute approximate surface area is 164 Å². The highest BCUT2D eigenvalue weighted by atomic mass is 32.1. The molecule has 0 radical (unpaired) electrons. The average Bonchev–Trinajstić information content (AvgIpc) is 3.26. The third-order valence-electron chi connectivity index (χ3n) is 4.95. The molecule has 1 saturated heterocycles. The number of benzene rings is 1. The molecular formula is C21H24N4OS. The van der Waals surface area contributed by atoms with Crippen LogP contribution >= 0.6 is 11.3 Å². The second-order valence-corrected chi connectivity index (χ2v) is 7.55. The summed E-state index contributed by atoms with van der Waals surface area (Å²) in [4.78, 5) is 2.33. The van der Waals surface area contributed by atoms with E-state index in [1.165, 1.54) is 12.0 Å². The highest BCUT2D eigenvalue weighted by Crippen LogP contribution is 2.28. The van der Waals surface area contributed by atoms with Crippen LogP contribution < -0.4 is 15.0 Å². The van der Waals surface area contributed by atoms with Crippen LogP contribution in [0.4, 0.5) is 5.82 Å². The molecule has 1 unspecified atom stereocenters. The van der Waals surface area contributed by atoms with Crippen LogP contribution in [0.2, 0.25) is 0 Å². The van der Waals surface area contributed by atoms with E-state index in [0.29, 0.717) is 6.04 Å². The van der Waals surface area contributed by atoms with Crippen LogP contribution in [0.15, 0.2) is 53.2 Å². The van der Waals surface area contributed by atoms with Crippen molar-refractivity contribution in [3.63, 3.8) is 0 Å². The van der Waals surface area contributed by atoms with Gasteiger partial charge in [0.2, 0.25) is 0 Å². The number of nitrogens with one attached hydrogen (secondary N) is 1. The first kappa shape index (κ1) is 17.9. The molecule has 0 saturated carbocycles. The fraction of sp³-hybridized carbons (Fsp3) is 0.333. The number of methoxy groups -OCH3 is 1. The van der Waals surface area contributed by atoms with Crippen LogP contribution in [-0.4, -0.2) is 36.4 Å². The van der Waals surface area contributed by atoms with Crippen LogP contribution in [0.25, 0.3) is 11.3 Å². The molecule has 4 rings (SSSR count). The van der Waals surface area contributed by atoms with Crippen molar-refractivity contribution in [2.45, 2.75) is 25.4 Å². The van der Waals surface area contributed by atoms with E-state index in [2.05, 4.69) is 43.3 Å². The molecule has 0 spiro atoms. The highest BCUT2D eigenvalue weighted by molar-refractivity contribution is 7.07. The molecule has 3 aromatic rings. The van der Waals surface area contributed by atoms with Gasteiger partial charge >= 0.3 is 0 Å². The number of nitrogens with zero attached hydrogens (tertiary/aromatic N) is 3. The van der Waals surface area contributed by atoms with Gasteiger partial charge in [0.15, 0.2) is 5.82 Å². The largest absolute Gasteiger partial charge is 0.496 e. The van der Waals surface area contributed by atoms with E-state index in [9.17, 15) is 0 Å². The molecule has 27 heavy (non-hydrogen) atoms. The molecule has 1 aliphatic rings. The van der Waals surface area contributed by atoms with Gasteiger partial charge in [-0.2, -0.15) is 11.3 Å². The number of hydrogen-bond acceptors (Lipinski definition) is 6. The van der Waals surface area contributed by atoms with Crippen molar-refractivity contribution in [1.82, 2.24) is 15.5 Å². The van der Waals surface area contributed by atoms with E-state index in [1.54, 1.807) is 18.4 Å². The Bertz CT molecular complexity index is 851. The third-order valence-corrected chi connectivity index (χ3v) is 5.69. The van der Waals surface area contributed by atoms with Gasteiger partial charge in [0.1, 0.15) is 5.75 Å². The fourth-order valence-corrected chi connectivity index (χ4v) is 4.17. The Balaban J connectivity index is 1.42. The maximum atomic E-state index is 5.43. The van der Waals surface area contributed by atoms with Gasteiger partial charge in [-0.15, -0.1) is 10.2 Å². The van der Waals surface area contributed by atoms with Crippen molar-refractivity contribution < 1.29 is 4.74 Å². The molecular weight excluding hydrogens is 356 g/mol. The van der Waals surface area contributed by atoms with Crippen LogP contribution in [-0.2, 0) is 6.54 Å². The van der Waals surface area contributed by atoms with Gasteiger partial charge in [-0.05, 0) is 59.5 Å². The molecule has 3 heterocycles. The number of aromatic nitrogens is 2. The Morgan fingerprint density at radius 1 is 1.19 bits per heavy atom. The molecule has 0 aliphatic carbocycles. The first-order valence-corrected chi connectivity index (χ1v) is 10.2. The molecule has 5 nitrogen and oxygen atoms in total. The number of piperidine rings is 1. The normalized spacial score (nSPS) is 17.1. The monoisotopic (exact) mass is 380 g/mol. The van der Waals surface area contributed by atoms with Crippen LogP contribution in [0.1, 0.15) is 18.4 Å². The molecule has 0 bridgehead atoms. The minimum Gasteiger partial charge on any atom is -0.496 e. The van der Waals surface area contributed by atoms with Gasteiger partial charge in [0.25, 0.3) is 0 Å². The smallest absolute Gasteiger partial charge is 0.151 e. The summed E-state index contributed by atoms with van der Waals surface area (Å²) in [5.41, 5.74) is 3.16. The Kier molecular flexibility index (Phi) is 5.65. The summed E-state index contributed by atoms with van der Waals surface area (Å²) in [5, 5.41) is 17.0. The molecule has 1 fully saturated rings. The van der Waals surface area contributed by atoms with Crippen molar-refractivity contribution in [3.8, 4) is 17.0 Å². The predicted octanol–water partition coefficient (Wildman–Crippen LogP) is 3.97. The number of anilines is 1. The average molecular weight is 381 g/mol. The molecule has 0 amide bonds. The standard InChI is InChI=1S/C21H24N4OS/c1-26-20-7-3-2-6-18(20)19-8-9-21(24-23-19)25-11-4-5-17(14-25)22-13-16-10-12-27-15-16/h2-3,6-10,12,15,17,22H,4-5,11,13-14H2,1H3. The summed E-state index contributed by atoms with van der Waals surface area (Å²) >= 11 is 1.75. The quantitative estimate of drug-likeness (QED) is 0.701. The maximum Gasteiger partial charge on any atom is 0.151 e. The lowest BCUT2D eigenvalue weighted by Crippen LogP contribution is -2.45. The third kappa shape index (κ3) is 4.28. The van der Waals surface area contributed by atoms with Gasteiger partial charge in [-0.3, -0.25) is 0 Å². The Morgan fingerprint density at radius 2 is 2.11 bits per heavy atom. The first-order chi connectivity index (χ1) is 13.3. The summed E-state index contributed by atoms with van der Waals surface area (Å²) in [7, 11) is 1.68. The van der Waals surface area contributed by atoms with Gasteiger partial charge in [0, 0.05) is 31.2 Å². The van der Waals surface area contributed by atoms with E-state index in [1.807, 2.05) is 30.3 Å². The minimum atomic E-state index is 0.481. The summed E-state index contributed by atoms with van der Waals surface area (Å²) < 4.78 is 5.43. The van der Waals surface area contributed by atoms with Gasteiger partial charge in [-0.25, -0.2) is 0 Å². The van der Waals surface area contributed by atoms with E-state index in [-0.39, 0.29) is 0 Å². The van der Waals surface area contributed by atoms with Crippen LogP contribution in [0.3, 0.4) is 0 Å². The van der Waals surface area contributed by atoms with Crippen molar-refractivity contribution in [2.75, 3.05) is 25.1 Å². The van der Waals surface area contributed by atoms with Crippen molar-refractivity contribution in [3.05, 3.63) is 58.8 Å². The lowest BCUT2D eigenvalue weighted by atomic mass is 10.1. The first-order valence-electron chi connectivity index (χ1n) is 9.30. The molecule has 1 aromatic carbocycles. The minimum absolute atomic E-state index is 0.481. The summed E-state index contributed by atoms with van der Waals surface area (Å²) in [5.74, 6) is 1.76. The topological polar surface area (TPSA) is 50.3 Å². The molecule has 2 aromatic heterocycles. The molecule has 1 N–H and O–H groups in total. The number of rotatable bonds is 6. The van der Waals surface area contributed by atoms with Gasteiger partial charge in [-0.1, -0.05) is 12.1 Å². The lowest BCUT2D eigenvalue weighted by molar-refractivity contribution is 0.416. The van der Waals surface area contributed by atoms with E-state index in [0.717, 1.165) is 48.9 Å². The molecule has 1 atom stereocenters. The summed E-state index contributed by atoms with van der Waals surface area (Å²) in [6, 6.07) is 14.7. The molecule has 140 valence electrons. The number of ether oxygens (including phenoxy) is 1. The Hall–Kier alpha value is -2.44. The van der Waals surface area contributed by atoms with Crippen molar-refractivity contribution in [1.29, 1.82) is 0 Å². The summed E-state index contributed by atoms with van der Waals surface area (Å²) in [6.45, 7) is 2.92. The Morgan fingerprint density at radius 3 is 2.89 bits per heavy atom. The highest BCUT2D eigenvalue weighted by Gasteiger charge is 2.21. The maximum absolute atomic E-state index is 5.43. The zero-order chi connectivity index (χ0) is 18.5. The lowest BCUT2D eigenvalue weighted by Gasteiger charge is -2.33. The molecule has 6 heteroatoms. The van der Waals surface area contributed by atoms with Crippen LogP contribution in [0.5, 0.6) is 5.75 Å². The second-order valence-electron chi connectivity index (χ2n) is 6.77. The van der Waals surface area contributed by atoms with Crippen molar-refractivity contribution in [2.24, 2.45) is 0 Å². The van der Waals surface area contributed by atoms with Crippen LogP contribution in [0, 0.1) is 0 Å². The number of thiophene rings is 1.